The highest BCUT2D eigenvalue weighted by molar-refractivity contribution is 5.69. The van der Waals surface area contributed by atoms with Gasteiger partial charge in [-0.3, -0.25) is 4.79 Å². The molecule has 3 atom stereocenters. The van der Waals surface area contributed by atoms with Crippen LogP contribution < -0.4 is 0 Å². The van der Waals surface area contributed by atoms with Gasteiger partial charge in [-0.25, -0.2) is 0 Å². The molecule has 0 saturated carbocycles. The van der Waals surface area contributed by atoms with Crippen molar-refractivity contribution < 1.29 is 15.0 Å². The lowest BCUT2D eigenvalue weighted by Gasteiger charge is -2.24. The number of carbonyl (C=O) groups is 1. The smallest absolute Gasteiger partial charge is 0.306 e. The number of hydrogen-bond acceptors (Lipinski definition) is 2. The zero-order valence-electron chi connectivity index (χ0n) is 12.4. The normalized spacial score (nSPS) is 18.1. The van der Waals surface area contributed by atoms with E-state index in [-0.39, 0.29) is 5.92 Å². The van der Waals surface area contributed by atoms with Crippen molar-refractivity contribution in [2.24, 2.45) is 11.8 Å². The molecule has 0 aliphatic carbocycles. The van der Waals surface area contributed by atoms with Gasteiger partial charge in [-0.2, -0.15) is 0 Å². The number of rotatable bonds is 10. The molecule has 0 fully saturated rings. The molecule has 0 aromatic rings. The highest BCUT2D eigenvalue weighted by Gasteiger charge is 2.21. The third-order valence-corrected chi connectivity index (χ3v) is 3.88. The summed E-state index contributed by atoms with van der Waals surface area (Å²) < 4.78 is 0. The summed E-state index contributed by atoms with van der Waals surface area (Å²) in [5, 5.41) is 19.0. The zero-order valence-corrected chi connectivity index (χ0v) is 12.4. The Kier molecular flexibility index (Phi) is 8.25. The van der Waals surface area contributed by atoms with Gasteiger partial charge in [0.1, 0.15) is 0 Å². The molecule has 0 bridgehead atoms. The Balaban J connectivity index is 3.76. The lowest BCUT2D eigenvalue weighted by Crippen LogP contribution is -2.24. The molecular formula is C15H30O3. The zero-order chi connectivity index (χ0) is 14.2. The van der Waals surface area contributed by atoms with Gasteiger partial charge < -0.3 is 10.2 Å². The second-order valence-corrected chi connectivity index (χ2v) is 6.03. The van der Waals surface area contributed by atoms with Crippen LogP contribution in [0.3, 0.4) is 0 Å². The second kappa shape index (κ2) is 8.52. The third-order valence-electron chi connectivity index (χ3n) is 3.88. The Labute approximate surface area is 112 Å². The van der Waals surface area contributed by atoms with Crippen LogP contribution in [0.4, 0.5) is 0 Å². The van der Waals surface area contributed by atoms with Gasteiger partial charge in [0, 0.05) is 0 Å². The Morgan fingerprint density at radius 2 is 1.67 bits per heavy atom. The topological polar surface area (TPSA) is 57.5 Å². The minimum Gasteiger partial charge on any atom is -0.481 e. The van der Waals surface area contributed by atoms with Crippen molar-refractivity contribution in [2.45, 2.75) is 78.2 Å². The first-order valence-corrected chi connectivity index (χ1v) is 7.23. The largest absolute Gasteiger partial charge is 0.481 e. The molecule has 18 heavy (non-hydrogen) atoms. The monoisotopic (exact) mass is 258 g/mol. The molecule has 0 aromatic carbocycles. The number of aliphatic carboxylic acids is 1. The minimum absolute atomic E-state index is 0.305. The maximum absolute atomic E-state index is 10.7. The van der Waals surface area contributed by atoms with Crippen LogP contribution in [0.2, 0.25) is 0 Å². The number of aliphatic hydroxyl groups is 1. The highest BCUT2D eigenvalue weighted by atomic mass is 16.4. The Hall–Kier alpha value is -0.570. The average Bonchev–Trinajstić information content (AvgIpc) is 2.27. The van der Waals surface area contributed by atoms with E-state index in [0.717, 1.165) is 31.6 Å². The average molecular weight is 258 g/mol. The van der Waals surface area contributed by atoms with Crippen molar-refractivity contribution >= 4 is 5.97 Å². The van der Waals surface area contributed by atoms with E-state index in [1.54, 1.807) is 6.92 Å². The highest BCUT2D eigenvalue weighted by Crippen LogP contribution is 2.24. The van der Waals surface area contributed by atoms with Crippen molar-refractivity contribution in [1.29, 1.82) is 0 Å². The van der Waals surface area contributed by atoms with Gasteiger partial charge in [-0.15, -0.1) is 0 Å². The summed E-state index contributed by atoms with van der Waals surface area (Å²) in [5.41, 5.74) is -0.633. The number of carboxylic acids is 1. The molecule has 0 aromatic heterocycles. The van der Waals surface area contributed by atoms with Crippen molar-refractivity contribution in [3.05, 3.63) is 0 Å². The maximum atomic E-state index is 10.7. The summed E-state index contributed by atoms with van der Waals surface area (Å²) in [5.74, 6) is -0.319. The van der Waals surface area contributed by atoms with Crippen LogP contribution in [-0.2, 0) is 4.79 Å². The van der Waals surface area contributed by atoms with Crippen LogP contribution in [0.25, 0.3) is 0 Å². The van der Waals surface area contributed by atoms with E-state index < -0.39 is 11.6 Å². The fourth-order valence-electron chi connectivity index (χ4n) is 2.07. The summed E-state index contributed by atoms with van der Waals surface area (Å²) >= 11 is 0. The molecule has 0 heterocycles. The van der Waals surface area contributed by atoms with E-state index in [1.807, 2.05) is 6.92 Å². The van der Waals surface area contributed by atoms with Crippen LogP contribution in [0.15, 0.2) is 0 Å². The Morgan fingerprint density at radius 1 is 1.17 bits per heavy atom. The van der Waals surface area contributed by atoms with Crippen molar-refractivity contribution in [3.8, 4) is 0 Å². The van der Waals surface area contributed by atoms with Crippen molar-refractivity contribution in [3.63, 3.8) is 0 Å². The molecule has 0 radical (unpaired) electrons. The first-order chi connectivity index (χ1) is 8.28. The Bertz CT molecular complexity index is 236. The molecule has 108 valence electrons. The van der Waals surface area contributed by atoms with E-state index in [9.17, 15) is 9.90 Å². The van der Waals surface area contributed by atoms with Crippen molar-refractivity contribution in [2.75, 3.05) is 0 Å². The molecule has 0 amide bonds. The molecule has 0 aliphatic rings. The van der Waals surface area contributed by atoms with E-state index in [1.165, 1.54) is 6.42 Å². The van der Waals surface area contributed by atoms with Gasteiger partial charge in [0.2, 0.25) is 0 Å². The summed E-state index contributed by atoms with van der Waals surface area (Å²) in [7, 11) is 0. The standard InChI is InChI=1S/C15H30O3/c1-5-12(2)8-6-10-15(4,18)11-7-9-13(3)14(16)17/h12-13,18H,5-11H2,1-4H3,(H,16,17). The van der Waals surface area contributed by atoms with Gasteiger partial charge >= 0.3 is 5.97 Å². The lowest BCUT2D eigenvalue weighted by molar-refractivity contribution is -0.141. The molecule has 0 rings (SSSR count). The minimum atomic E-state index is -0.744. The van der Waals surface area contributed by atoms with E-state index in [0.29, 0.717) is 12.8 Å². The molecule has 3 nitrogen and oxygen atoms in total. The molecule has 2 N–H and O–H groups in total. The summed E-state index contributed by atoms with van der Waals surface area (Å²) in [4.78, 5) is 10.7. The molecular weight excluding hydrogens is 228 g/mol. The van der Waals surface area contributed by atoms with Gasteiger partial charge in [0.05, 0.1) is 11.5 Å². The Morgan fingerprint density at radius 3 is 2.11 bits per heavy atom. The molecule has 3 heteroatoms. The fourth-order valence-corrected chi connectivity index (χ4v) is 2.07. The fraction of sp³-hybridized carbons (Fsp3) is 0.933. The van der Waals surface area contributed by atoms with Crippen LogP contribution in [0.5, 0.6) is 0 Å². The third kappa shape index (κ3) is 8.51. The first kappa shape index (κ1) is 17.4. The molecule has 3 unspecified atom stereocenters. The second-order valence-electron chi connectivity index (χ2n) is 6.03. The first-order valence-electron chi connectivity index (χ1n) is 7.23. The van der Waals surface area contributed by atoms with Gasteiger partial charge in [0.15, 0.2) is 0 Å². The van der Waals surface area contributed by atoms with E-state index in [2.05, 4.69) is 13.8 Å². The quantitative estimate of drug-likeness (QED) is 0.626. The predicted octanol–water partition coefficient (Wildman–Crippen LogP) is 3.84. The van der Waals surface area contributed by atoms with Crippen molar-refractivity contribution in [1.82, 2.24) is 0 Å². The van der Waals surface area contributed by atoms with Gasteiger partial charge in [0.25, 0.3) is 0 Å². The van der Waals surface area contributed by atoms with Gasteiger partial charge in [-0.05, 0) is 38.5 Å². The van der Waals surface area contributed by atoms with Crippen LogP contribution >= 0.6 is 0 Å². The maximum Gasteiger partial charge on any atom is 0.306 e. The summed E-state index contributed by atoms with van der Waals surface area (Å²) in [6.45, 7) is 8.02. The summed E-state index contributed by atoms with van der Waals surface area (Å²) in [6, 6.07) is 0. The van der Waals surface area contributed by atoms with Crippen LogP contribution in [-0.4, -0.2) is 21.8 Å². The number of hydrogen-bond donors (Lipinski definition) is 2. The van der Waals surface area contributed by atoms with Gasteiger partial charge in [-0.1, -0.05) is 40.0 Å². The lowest BCUT2D eigenvalue weighted by atomic mass is 9.89. The van der Waals surface area contributed by atoms with E-state index >= 15 is 0 Å². The SMILES string of the molecule is CCC(C)CCCC(C)(O)CCCC(C)C(=O)O. The summed E-state index contributed by atoms with van der Waals surface area (Å²) in [6.07, 6.45) is 6.36. The number of carboxylic acid groups (broad SMARTS) is 1. The molecule has 0 aliphatic heterocycles. The molecule has 0 saturated heterocycles. The van der Waals surface area contributed by atoms with E-state index in [4.69, 9.17) is 5.11 Å². The predicted molar refractivity (Wildman–Crippen MR) is 74.6 cm³/mol. The molecule has 0 spiro atoms. The van der Waals surface area contributed by atoms with Crippen LogP contribution in [0, 0.1) is 11.8 Å². The van der Waals surface area contributed by atoms with Crippen LogP contribution in [0.1, 0.15) is 72.6 Å².